The third-order valence-corrected chi connectivity index (χ3v) is 3.51. The number of carbonyl (C=O) groups excluding carboxylic acids is 2. The Morgan fingerprint density at radius 3 is 2.58 bits per heavy atom. The maximum absolute atomic E-state index is 13.3. The van der Waals surface area contributed by atoms with Crippen molar-refractivity contribution in [2.24, 2.45) is 0 Å². The molecule has 132 valence electrons. The Hall–Kier alpha value is -3.62. The molecule has 0 spiro atoms. The molecule has 8 nitrogen and oxygen atoms in total. The standard InChI is InChI=1S/C17H13FN4O4/c1-25-16-7-4-12(18)8-14(16)15(23)9-26-17(24)11-2-5-13(6-3-11)22-10-19-20-21-22/h2-8,10H,9H2,1H3. The summed E-state index contributed by atoms with van der Waals surface area (Å²) in [5, 5.41) is 10.8. The highest BCUT2D eigenvalue weighted by atomic mass is 19.1. The Bertz CT molecular complexity index is 926. The number of methoxy groups -OCH3 is 1. The van der Waals surface area contributed by atoms with Gasteiger partial charge in [-0.25, -0.2) is 13.9 Å². The average molecular weight is 356 g/mol. The number of benzene rings is 2. The third kappa shape index (κ3) is 3.72. The van der Waals surface area contributed by atoms with Crippen molar-refractivity contribution >= 4 is 11.8 Å². The minimum absolute atomic E-state index is 0.00864. The van der Waals surface area contributed by atoms with Crippen LogP contribution in [0.2, 0.25) is 0 Å². The van der Waals surface area contributed by atoms with E-state index in [9.17, 15) is 14.0 Å². The normalized spacial score (nSPS) is 10.4. The number of ketones is 1. The number of Topliss-reactive ketones (excluding diaryl/α,β-unsaturated/α-hetero) is 1. The number of nitrogens with zero attached hydrogens (tertiary/aromatic N) is 4. The molecule has 1 heterocycles. The lowest BCUT2D eigenvalue weighted by atomic mass is 10.1. The monoisotopic (exact) mass is 356 g/mol. The van der Waals surface area contributed by atoms with E-state index in [0.717, 1.165) is 6.07 Å². The molecule has 0 aliphatic heterocycles. The van der Waals surface area contributed by atoms with E-state index in [1.165, 1.54) is 42.4 Å². The van der Waals surface area contributed by atoms with Gasteiger partial charge in [-0.05, 0) is 52.9 Å². The second-order valence-corrected chi connectivity index (χ2v) is 5.15. The maximum atomic E-state index is 13.3. The zero-order chi connectivity index (χ0) is 18.5. The van der Waals surface area contributed by atoms with Gasteiger partial charge in [0.1, 0.15) is 17.9 Å². The van der Waals surface area contributed by atoms with Crippen molar-refractivity contribution in [3.63, 3.8) is 0 Å². The molecule has 0 amide bonds. The summed E-state index contributed by atoms with van der Waals surface area (Å²) in [6.07, 6.45) is 1.42. The number of ether oxygens (including phenoxy) is 2. The molecular weight excluding hydrogens is 343 g/mol. The van der Waals surface area contributed by atoms with Crippen molar-refractivity contribution in [1.29, 1.82) is 0 Å². The van der Waals surface area contributed by atoms with Gasteiger partial charge in [-0.3, -0.25) is 4.79 Å². The van der Waals surface area contributed by atoms with Crippen LogP contribution < -0.4 is 4.74 Å². The summed E-state index contributed by atoms with van der Waals surface area (Å²) < 4.78 is 24.8. The smallest absolute Gasteiger partial charge is 0.338 e. The van der Waals surface area contributed by atoms with Crippen LogP contribution in [-0.2, 0) is 4.74 Å². The minimum atomic E-state index is -0.683. The van der Waals surface area contributed by atoms with Crippen molar-refractivity contribution < 1.29 is 23.5 Å². The number of rotatable bonds is 6. The largest absolute Gasteiger partial charge is 0.496 e. The maximum Gasteiger partial charge on any atom is 0.338 e. The highest BCUT2D eigenvalue weighted by Gasteiger charge is 2.16. The molecule has 0 N–H and O–H groups in total. The second kappa shape index (κ2) is 7.51. The van der Waals surface area contributed by atoms with E-state index in [4.69, 9.17) is 9.47 Å². The Kier molecular flexibility index (Phi) is 4.97. The molecule has 0 unspecified atom stereocenters. The Labute approximate surface area is 147 Å². The van der Waals surface area contributed by atoms with Crippen LogP contribution in [-0.4, -0.2) is 45.7 Å². The van der Waals surface area contributed by atoms with E-state index in [-0.39, 0.29) is 16.9 Å². The highest BCUT2D eigenvalue weighted by molar-refractivity contribution is 6.01. The molecule has 0 atom stereocenters. The van der Waals surface area contributed by atoms with E-state index < -0.39 is 24.2 Å². The molecule has 0 saturated heterocycles. The Morgan fingerprint density at radius 1 is 1.15 bits per heavy atom. The van der Waals surface area contributed by atoms with Gasteiger partial charge in [0.2, 0.25) is 5.78 Å². The van der Waals surface area contributed by atoms with Gasteiger partial charge >= 0.3 is 5.97 Å². The van der Waals surface area contributed by atoms with Crippen LogP contribution in [0.1, 0.15) is 20.7 Å². The molecule has 1 aromatic heterocycles. The van der Waals surface area contributed by atoms with Crippen LogP contribution in [0.3, 0.4) is 0 Å². The first-order chi connectivity index (χ1) is 12.6. The fraction of sp³-hybridized carbons (Fsp3) is 0.118. The van der Waals surface area contributed by atoms with Gasteiger partial charge in [-0.1, -0.05) is 0 Å². The minimum Gasteiger partial charge on any atom is -0.496 e. The van der Waals surface area contributed by atoms with E-state index in [2.05, 4.69) is 15.5 Å². The van der Waals surface area contributed by atoms with Gasteiger partial charge in [0.05, 0.1) is 23.9 Å². The van der Waals surface area contributed by atoms with Crippen LogP contribution in [0.4, 0.5) is 4.39 Å². The topological polar surface area (TPSA) is 96.2 Å². The van der Waals surface area contributed by atoms with Crippen LogP contribution in [0.25, 0.3) is 5.69 Å². The molecular formula is C17H13FN4O4. The summed E-state index contributed by atoms with van der Waals surface area (Å²) in [6.45, 7) is -0.534. The predicted octanol–water partition coefficient (Wildman–Crippen LogP) is 1.85. The van der Waals surface area contributed by atoms with Crippen molar-refractivity contribution in [3.8, 4) is 11.4 Å². The lowest BCUT2D eigenvalue weighted by Gasteiger charge is -2.08. The molecule has 0 bridgehead atoms. The summed E-state index contributed by atoms with van der Waals surface area (Å²) in [5.74, 6) is -1.63. The number of hydrogen-bond acceptors (Lipinski definition) is 7. The van der Waals surface area contributed by atoms with Gasteiger partial charge in [0.25, 0.3) is 0 Å². The summed E-state index contributed by atoms with van der Waals surface area (Å²) in [6, 6.07) is 9.85. The van der Waals surface area contributed by atoms with Gasteiger partial charge < -0.3 is 9.47 Å². The van der Waals surface area contributed by atoms with E-state index in [1.807, 2.05) is 0 Å². The summed E-state index contributed by atoms with van der Waals surface area (Å²) in [4.78, 5) is 24.2. The molecule has 2 aromatic carbocycles. The SMILES string of the molecule is COc1ccc(F)cc1C(=O)COC(=O)c1ccc(-n2cnnn2)cc1. The molecule has 0 aliphatic carbocycles. The van der Waals surface area contributed by atoms with Gasteiger partial charge in [-0.15, -0.1) is 5.10 Å². The van der Waals surface area contributed by atoms with E-state index in [0.29, 0.717) is 5.69 Å². The molecule has 3 aromatic rings. The first kappa shape index (κ1) is 17.2. The zero-order valence-electron chi connectivity index (χ0n) is 13.6. The number of halogens is 1. The third-order valence-electron chi connectivity index (χ3n) is 3.51. The summed E-state index contributed by atoms with van der Waals surface area (Å²) in [7, 11) is 1.36. The number of aromatic nitrogens is 4. The van der Waals surface area contributed by atoms with Crippen LogP contribution in [0.5, 0.6) is 5.75 Å². The van der Waals surface area contributed by atoms with Crippen LogP contribution in [0, 0.1) is 5.82 Å². The second-order valence-electron chi connectivity index (χ2n) is 5.15. The number of carbonyl (C=O) groups is 2. The fourth-order valence-corrected chi connectivity index (χ4v) is 2.22. The predicted molar refractivity (Wildman–Crippen MR) is 86.7 cm³/mol. The first-order valence-electron chi connectivity index (χ1n) is 7.46. The molecule has 26 heavy (non-hydrogen) atoms. The Morgan fingerprint density at radius 2 is 1.92 bits per heavy atom. The van der Waals surface area contributed by atoms with E-state index >= 15 is 0 Å². The van der Waals surface area contributed by atoms with E-state index in [1.54, 1.807) is 12.1 Å². The molecule has 3 rings (SSSR count). The molecule has 0 radical (unpaired) electrons. The van der Waals surface area contributed by atoms with Gasteiger partial charge in [0.15, 0.2) is 6.61 Å². The summed E-state index contributed by atoms with van der Waals surface area (Å²) >= 11 is 0. The molecule has 0 aliphatic rings. The van der Waals surface area contributed by atoms with Crippen molar-refractivity contribution in [3.05, 3.63) is 65.7 Å². The number of esters is 1. The molecule has 0 saturated carbocycles. The number of hydrogen-bond donors (Lipinski definition) is 0. The molecule has 0 fully saturated rings. The zero-order valence-corrected chi connectivity index (χ0v) is 13.6. The van der Waals surface area contributed by atoms with Gasteiger partial charge in [-0.2, -0.15) is 0 Å². The molecule has 9 heteroatoms. The number of tetrazole rings is 1. The van der Waals surface area contributed by atoms with Crippen LogP contribution >= 0.6 is 0 Å². The average Bonchev–Trinajstić information content (AvgIpc) is 3.20. The quantitative estimate of drug-likeness (QED) is 0.491. The highest BCUT2D eigenvalue weighted by Crippen LogP contribution is 2.20. The van der Waals surface area contributed by atoms with Crippen molar-refractivity contribution in [2.45, 2.75) is 0 Å². The lowest BCUT2D eigenvalue weighted by molar-refractivity contribution is 0.0474. The van der Waals surface area contributed by atoms with Crippen molar-refractivity contribution in [2.75, 3.05) is 13.7 Å². The van der Waals surface area contributed by atoms with Crippen LogP contribution in [0.15, 0.2) is 48.8 Å². The van der Waals surface area contributed by atoms with Gasteiger partial charge in [0, 0.05) is 0 Å². The Balaban J connectivity index is 1.65. The summed E-state index contributed by atoms with van der Waals surface area (Å²) in [5.41, 5.74) is 0.919. The van der Waals surface area contributed by atoms with Crippen molar-refractivity contribution in [1.82, 2.24) is 20.2 Å². The fourth-order valence-electron chi connectivity index (χ4n) is 2.22. The first-order valence-corrected chi connectivity index (χ1v) is 7.46. The lowest BCUT2D eigenvalue weighted by Crippen LogP contribution is -2.15.